The molecule has 0 radical (unpaired) electrons. The van der Waals surface area contributed by atoms with E-state index in [0.717, 1.165) is 0 Å². The molecule has 0 heterocycles. The van der Waals surface area contributed by atoms with Gasteiger partial charge in [0.05, 0.1) is 0 Å². The Kier molecular flexibility index (Phi) is 4.96. The molecule has 0 spiro atoms. The molecule has 9 heavy (non-hydrogen) atoms. The van der Waals surface area contributed by atoms with Crippen LogP contribution in [0.3, 0.4) is 0 Å². The molecular weight excluding hydrogens is 144 g/mol. The van der Waals surface area contributed by atoms with Gasteiger partial charge in [-0.25, -0.2) is 4.39 Å². The predicted molar refractivity (Wildman–Crippen MR) is 34.7 cm³/mol. The van der Waals surface area contributed by atoms with Gasteiger partial charge in [0, 0.05) is 12.7 Å². The summed E-state index contributed by atoms with van der Waals surface area (Å²) < 4.78 is 22.1. The molecule has 3 N–H and O–H groups in total. The molecule has 0 amide bonds. The van der Waals surface area contributed by atoms with Crippen molar-refractivity contribution in [1.29, 1.82) is 0 Å². The van der Waals surface area contributed by atoms with Gasteiger partial charge in [-0.05, 0) is 6.42 Å². The summed E-state index contributed by atoms with van der Waals surface area (Å²) in [6.07, 6.45) is -0.973. The molecule has 0 aliphatic rings. The van der Waals surface area contributed by atoms with Crippen LogP contribution in [0.2, 0.25) is 0 Å². The van der Waals surface area contributed by atoms with Crippen molar-refractivity contribution >= 4 is 8.03 Å². The van der Waals surface area contributed by atoms with E-state index >= 15 is 0 Å². The normalized spacial score (nSPS) is 17.2. The zero-order chi connectivity index (χ0) is 7.28. The van der Waals surface area contributed by atoms with Crippen LogP contribution in [-0.2, 0) is 4.57 Å². The minimum absolute atomic E-state index is 0.0447. The molecule has 1 unspecified atom stereocenters. The molecule has 0 aliphatic heterocycles. The van der Waals surface area contributed by atoms with E-state index in [1.807, 2.05) is 0 Å². The lowest BCUT2D eigenvalue weighted by Gasteiger charge is -2.00. The summed E-state index contributed by atoms with van der Waals surface area (Å²) in [5.74, 6) is 0. The second-order valence-corrected chi connectivity index (χ2v) is 3.05. The molecule has 0 aromatic heterocycles. The Balaban J connectivity index is 3.16. The van der Waals surface area contributed by atoms with Crippen LogP contribution in [0.15, 0.2) is 0 Å². The SMILES string of the molecule is NC[C@H](F)CC[PH](=O)O. The first-order chi connectivity index (χ1) is 4.16. The van der Waals surface area contributed by atoms with Crippen molar-refractivity contribution in [2.75, 3.05) is 12.7 Å². The topological polar surface area (TPSA) is 63.3 Å². The zero-order valence-corrected chi connectivity index (χ0v) is 6.01. The van der Waals surface area contributed by atoms with E-state index in [-0.39, 0.29) is 19.1 Å². The second kappa shape index (κ2) is 4.91. The van der Waals surface area contributed by atoms with Gasteiger partial charge in [-0.3, -0.25) is 4.57 Å². The van der Waals surface area contributed by atoms with E-state index in [9.17, 15) is 8.96 Å². The van der Waals surface area contributed by atoms with Gasteiger partial charge in [0.25, 0.3) is 0 Å². The van der Waals surface area contributed by atoms with Crippen molar-refractivity contribution < 1.29 is 13.8 Å². The smallest absolute Gasteiger partial charge is 0.189 e. The Morgan fingerprint density at radius 1 is 1.78 bits per heavy atom. The van der Waals surface area contributed by atoms with Gasteiger partial charge in [-0.15, -0.1) is 0 Å². The van der Waals surface area contributed by atoms with Gasteiger partial charge in [0.2, 0.25) is 0 Å². The van der Waals surface area contributed by atoms with E-state index in [2.05, 4.69) is 0 Å². The maximum atomic E-state index is 12.1. The summed E-state index contributed by atoms with van der Waals surface area (Å²) in [7, 11) is -2.49. The van der Waals surface area contributed by atoms with Crippen molar-refractivity contribution in [3.8, 4) is 0 Å². The Bertz CT molecular complexity index is 101. The Hall–Kier alpha value is 0.0800. The summed E-state index contributed by atoms with van der Waals surface area (Å²) in [5.41, 5.74) is 4.91. The zero-order valence-electron chi connectivity index (χ0n) is 5.01. The third-order valence-electron chi connectivity index (χ3n) is 0.927. The van der Waals surface area contributed by atoms with Gasteiger partial charge < -0.3 is 10.6 Å². The fourth-order valence-electron chi connectivity index (χ4n) is 0.398. The first kappa shape index (κ1) is 9.08. The lowest BCUT2D eigenvalue weighted by atomic mass is 10.3. The van der Waals surface area contributed by atoms with Gasteiger partial charge >= 0.3 is 0 Å². The summed E-state index contributed by atoms with van der Waals surface area (Å²) in [6.45, 7) is -0.0604. The first-order valence-corrected chi connectivity index (χ1v) is 4.29. The number of nitrogens with two attached hydrogens (primary N) is 1. The number of alkyl halides is 1. The molecule has 0 fully saturated rings. The lowest BCUT2D eigenvalue weighted by Crippen LogP contribution is -2.15. The minimum Gasteiger partial charge on any atom is -0.346 e. The number of halogens is 1. The minimum atomic E-state index is -2.49. The highest BCUT2D eigenvalue weighted by atomic mass is 31.1. The van der Waals surface area contributed by atoms with Crippen molar-refractivity contribution in [3.05, 3.63) is 0 Å². The third-order valence-corrected chi connectivity index (χ3v) is 1.64. The van der Waals surface area contributed by atoms with Crippen LogP contribution < -0.4 is 5.73 Å². The molecule has 0 aromatic rings. The summed E-state index contributed by atoms with van der Waals surface area (Å²) >= 11 is 0. The van der Waals surface area contributed by atoms with Gasteiger partial charge in [0.1, 0.15) is 6.17 Å². The molecule has 0 saturated heterocycles. The summed E-state index contributed by atoms with van der Waals surface area (Å²) in [4.78, 5) is 8.24. The first-order valence-electron chi connectivity index (χ1n) is 2.72. The van der Waals surface area contributed by atoms with Crippen LogP contribution in [0.5, 0.6) is 0 Å². The van der Waals surface area contributed by atoms with Crippen LogP contribution in [0.4, 0.5) is 4.39 Å². The average molecular weight is 155 g/mol. The lowest BCUT2D eigenvalue weighted by molar-refractivity contribution is 0.331. The van der Waals surface area contributed by atoms with E-state index in [1.165, 1.54) is 0 Å². The fraction of sp³-hybridized carbons (Fsp3) is 1.00. The number of hydrogen-bond acceptors (Lipinski definition) is 2. The quantitative estimate of drug-likeness (QED) is 0.567. The summed E-state index contributed by atoms with van der Waals surface area (Å²) in [6, 6.07) is 0. The third kappa shape index (κ3) is 5.96. The maximum Gasteiger partial charge on any atom is 0.189 e. The van der Waals surface area contributed by atoms with Crippen LogP contribution in [-0.4, -0.2) is 23.8 Å². The molecule has 0 bridgehead atoms. The predicted octanol–water partition coefficient (Wildman–Crippen LogP) is 0.140. The Labute approximate surface area is 53.9 Å². The van der Waals surface area contributed by atoms with Crippen LogP contribution in [0.1, 0.15) is 6.42 Å². The molecule has 56 valence electrons. The van der Waals surface area contributed by atoms with E-state index < -0.39 is 14.2 Å². The molecule has 2 atom stereocenters. The van der Waals surface area contributed by atoms with Gasteiger partial charge in [-0.1, -0.05) is 0 Å². The fourth-order valence-corrected chi connectivity index (χ4v) is 0.958. The molecule has 0 rings (SSSR count). The van der Waals surface area contributed by atoms with Crippen molar-refractivity contribution in [3.63, 3.8) is 0 Å². The van der Waals surface area contributed by atoms with E-state index in [4.69, 9.17) is 10.6 Å². The molecular formula is C4H11FNO2P. The highest BCUT2D eigenvalue weighted by Crippen LogP contribution is 2.15. The molecule has 0 saturated carbocycles. The van der Waals surface area contributed by atoms with Crippen molar-refractivity contribution in [2.45, 2.75) is 12.6 Å². The van der Waals surface area contributed by atoms with Crippen LogP contribution >= 0.6 is 8.03 Å². The van der Waals surface area contributed by atoms with E-state index in [1.54, 1.807) is 0 Å². The van der Waals surface area contributed by atoms with E-state index in [0.29, 0.717) is 0 Å². The molecule has 0 aromatic carbocycles. The number of rotatable bonds is 4. The monoisotopic (exact) mass is 155 g/mol. The molecule has 3 nitrogen and oxygen atoms in total. The van der Waals surface area contributed by atoms with Crippen LogP contribution in [0.25, 0.3) is 0 Å². The number of hydrogen-bond donors (Lipinski definition) is 2. The van der Waals surface area contributed by atoms with Gasteiger partial charge in [0.15, 0.2) is 8.03 Å². The highest BCUT2D eigenvalue weighted by Gasteiger charge is 2.03. The highest BCUT2D eigenvalue weighted by molar-refractivity contribution is 7.37. The summed E-state index contributed by atoms with van der Waals surface area (Å²) in [5, 5.41) is 0. The molecule has 0 aliphatic carbocycles. The second-order valence-electron chi connectivity index (χ2n) is 1.77. The average Bonchev–Trinajstić information content (AvgIpc) is 1.83. The van der Waals surface area contributed by atoms with Crippen molar-refractivity contribution in [1.82, 2.24) is 0 Å². The standard InChI is InChI=1S/C4H11FNO2P/c5-4(3-6)1-2-9(7)8/h4,9H,1-3,6H2,(H,7,8)/t4-/m1/s1. The Morgan fingerprint density at radius 2 is 2.33 bits per heavy atom. The van der Waals surface area contributed by atoms with Gasteiger partial charge in [-0.2, -0.15) is 0 Å². The maximum absolute atomic E-state index is 12.1. The van der Waals surface area contributed by atoms with Crippen LogP contribution in [0, 0.1) is 0 Å². The molecule has 5 heteroatoms. The largest absolute Gasteiger partial charge is 0.346 e. The Morgan fingerprint density at radius 3 is 2.67 bits per heavy atom. The van der Waals surface area contributed by atoms with Crippen molar-refractivity contribution in [2.24, 2.45) is 5.73 Å².